The van der Waals surface area contributed by atoms with E-state index >= 15 is 0 Å². The lowest BCUT2D eigenvalue weighted by atomic mass is 10.0. The van der Waals surface area contributed by atoms with E-state index < -0.39 is 76.5 Å². The van der Waals surface area contributed by atoms with Crippen molar-refractivity contribution in [2.45, 2.75) is 69.7 Å². The third-order valence-corrected chi connectivity index (χ3v) is 7.68. The topological polar surface area (TPSA) is 239 Å². The highest BCUT2D eigenvalue weighted by Gasteiger charge is 2.41. The summed E-state index contributed by atoms with van der Waals surface area (Å²) in [7, 11) is -10.9. The van der Waals surface area contributed by atoms with E-state index in [4.69, 9.17) is 9.47 Å². The second-order valence-electron chi connectivity index (χ2n) is 7.92. The number of nitrogens with one attached hydrogen (secondary N) is 1. The maximum Gasteiger partial charge on any atom is 0.478 e. The number of ether oxygens (including phenoxy) is 2. The molecule has 16 nitrogen and oxygen atoms in total. The fourth-order valence-corrected chi connectivity index (χ4v) is 5.53. The van der Waals surface area contributed by atoms with Gasteiger partial charge in [-0.05, 0) is 13.8 Å². The molecule has 0 amide bonds. The molecule has 3 rings (SSSR count). The monoisotopic (exact) mass is 531 g/mol. The Kier molecular flexibility index (Phi) is 8.35. The van der Waals surface area contributed by atoms with Crippen LogP contribution in [0.3, 0.4) is 0 Å². The van der Waals surface area contributed by atoms with E-state index in [0.717, 1.165) is 4.57 Å². The third-order valence-electron chi connectivity index (χ3n) is 5.11. The maximum absolute atomic E-state index is 12.1. The predicted molar refractivity (Wildman–Crippen MR) is 107 cm³/mol. The molecule has 1 aromatic rings. The van der Waals surface area contributed by atoms with Gasteiger partial charge in [0.05, 0.1) is 24.9 Å². The van der Waals surface area contributed by atoms with E-state index in [0.29, 0.717) is 0 Å². The highest BCUT2D eigenvalue weighted by Crippen LogP contribution is 2.59. The van der Waals surface area contributed by atoms with Crippen LogP contribution in [0.25, 0.3) is 0 Å². The Morgan fingerprint density at radius 1 is 1.21 bits per heavy atom. The van der Waals surface area contributed by atoms with Crippen molar-refractivity contribution in [2.75, 3.05) is 6.61 Å². The third kappa shape index (κ3) is 6.69. The minimum atomic E-state index is -5.59. The van der Waals surface area contributed by atoms with Crippen LogP contribution < -0.4 is 16.1 Å². The Morgan fingerprint density at radius 2 is 1.88 bits per heavy atom. The summed E-state index contributed by atoms with van der Waals surface area (Å²) in [5.74, 6) is 0. The van der Waals surface area contributed by atoms with Crippen LogP contribution in [0.1, 0.15) is 31.6 Å². The maximum atomic E-state index is 12.1. The highest BCUT2D eigenvalue weighted by atomic mass is 31.3. The van der Waals surface area contributed by atoms with Crippen molar-refractivity contribution in [3.05, 3.63) is 32.6 Å². The molecule has 0 aliphatic carbocycles. The number of aryl methyl sites for hydroxylation is 1. The van der Waals surface area contributed by atoms with Gasteiger partial charge in [0.1, 0.15) is 18.4 Å². The summed E-state index contributed by atoms with van der Waals surface area (Å²) in [6.07, 6.45) is -8.22. The van der Waals surface area contributed by atoms with Crippen LogP contribution in [-0.2, 0) is 32.0 Å². The molecular weight excluding hydrogens is 506 g/mol. The zero-order valence-electron chi connectivity index (χ0n) is 18.0. The smallest absolute Gasteiger partial charge is 0.478 e. The van der Waals surface area contributed by atoms with E-state index in [1.807, 2.05) is 0 Å². The minimum absolute atomic E-state index is 0.00209. The first kappa shape index (κ1) is 27.3. The molecule has 0 bridgehead atoms. The zero-order valence-corrected chi connectivity index (χ0v) is 19.7. The van der Waals surface area contributed by atoms with Gasteiger partial charge in [-0.1, -0.05) is 0 Å². The molecule has 2 saturated heterocycles. The number of hydrogen-bond acceptors (Lipinski definition) is 13. The Bertz CT molecular complexity index is 1090. The summed E-state index contributed by atoms with van der Waals surface area (Å²) in [4.78, 5) is 47.3. The van der Waals surface area contributed by atoms with Crippen molar-refractivity contribution in [1.82, 2.24) is 9.55 Å². The number of phosphoric acid groups is 2. The number of rotatable bonds is 8. The lowest BCUT2D eigenvalue weighted by molar-refractivity contribution is -0.276. The van der Waals surface area contributed by atoms with E-state index in [1.165, 1.54) is 20.0 Å². The van der Waals surface area contributed by atoms with Crippen LogP contribution in [0.4, 0.5) is 0 Å². The Balaban J connectivity index is 1.58. The minimum Gasteiger partial charge on any atom is -0.756 e. The van der Waals surface area contributed by atoms with Gasteiger partial charge < -0.3 is 34.6 Å². The second kappa shape index (κ2) is 10.4. The molecule has 0 radical (unpaired) electrons. The van der Waals surface area contributed by atoms with Gasteiger partial charge in [0.2, 0.25) is 0 Å². The molecule has 1 aromatic heterocycles. The number of aromatic amines is 1. The quantitative estimate of drug-likeness (QED) is 0.227. The molecule has 18 heteroatoms. The number of H-pyrrole nitrogens is 1. The molecule has 0 spiro atoms. The van der Waals surface area contributed by atoms with E-state index in [-0.39, 0.29) is 18.4 Å². The molecule has 34 heavy (non-hydrogen) atoms. The fraction of sp³-hybridized carbons (Fsp3) is 0.750. The largest absolute Gasteiger partial charge is 0.756 e. The zero-order chi connectivity index (χ0) is 25.4. The van der Waals surface area contributed by atoms with Crippen molar-refractivity contribution in [1.29, 1.82) is 0 Å². The van der Waals surface area contributed by atoms with Gasteiger partial charge in [-0.15, -0.1) is 0 Å². The number of aromatic nitrogens is 2. The first-order valence-corrected chi connectivity index (χ1v) is 13.0. The SMILES string of the molecule is Cc1cn([C@H]2C[C@@H](O)[C@@H](COP(=O)(O)OP(=O)([O-])O[C@H]3OC(C)C[C@H](O)C3O)O2)c(=O)[nH]c1=O. The van der Waals surface area contributed by atoms with Crippen molar-refractivity contribution in [3.63, 3.8) is 0 Å². The fourth-order valence-electron chi connectivity index (χ4n) is 3.41. The summed E-state index contributed by atoms with van der Waals surface area (Å²) in [5.41, 5.74) is -1.20. The van der Waals surface area contributed by atoms with Crippen molar-refractivity contribution in [3.8, 4) is 0 Å². The van der Waals surface area contributed by atoms with Gasteiger partial charge in [-0.25, -0.2) is 13.7 Å². The highest BCUT2D eigenvalue weighted by molar-refractivity contribution is 7.60. The van der Waals surface area contributed by atoms with Crippen LogP contribution >= 0.6 is 15.6 Å². The van der Waals surface area contributed by atoms with Crippen molar-refractivity contribution in [2.24, 2.45) is 0 Å². The first-order chi connectivity index (χ1) is 15.7. The molecule has 9 atom stereocenters. The number of nitrogens with zero attached hydrogens (tertiary/aromatic N) is 1. The number of aliphatic hydroxyl groups is 3. The Labute approximate surface area is 191 Å². The van der Waals surface area contributed by atoms with Gasteiger partial charge in [-0.2, -0.15) is 0 Å². The molecule has 194 valence electrons. The van der Waals surface area contributed by atoms with Crippen LogP contribution in [0.15, 0.2) is 15.8 Å². The van der Waals surface area contributed by atoms with Crippen LogP contribution in [0, 0.1) is 6.92 Å². The average Bonchev–Trinajstić information content (AvgIpc) is 3.06. The molecule has 2 fully saturated rings. The lowest BCUT2D eigenvalue weighted by Gasteiger charge is -2.38. The lowest BCUT2D eigenvalue weighted by Crippen LogP contribution is -2.48. The van der Waals surface area contributed by atoms with Crippen molar-refractivity contribution < 1.29 is 57.1 Å². The van der Waals surface area contributed by atoms with E-state index in [2.05, 4.69) is 18.3 Å². The van der Waals surface area contributed by atoms with Gasteiger partial charge in [0, 0.05) is 24.6 Å². The standard InChI is InChI=1S/C16H26N2O14P2/c1-7-5-18(16(23)17-14(7)22)12-4-9(19)11(30-12)6-28-33(24,25)32-34(26,27)31-15-13(21)10(20)3-8(2)29-15/h5,8-13,15,19-21H,3-4,6H2,1-2H3,(H,24,25)(H,26,27)(H,17,22,23)/p-1/t8?,9-,10+,11-,12-,13?,15-/m1/s1. The van der Waals surface area contributed by atoms with Crippen LogP contribution in [-0.4, -0.2) is 73.2 Å². The van der Waals surface area contributed by atoms with Crippen molar-refractivity contribution >= 4 is 15.6 Å². The first-order valence-electron chi connectivity index (χ1n) is 10.0. The van der Waals surface area contributed by atoms with Gasteiger partial charge in [0.25, 0.3) is 13.4 Å². The summed E-state index contributed by atoms with van der Waals surface area (Å²) >= 11 is 0. The van der Waals surface area contributed by atoms with Gasteiger partial charge in [-0.3, -0.25) is 28.0 Å². The molecule has 5 N–H and O–H groups in total. The molecule has 2 aliphatic heterocycles. The normalized spacial score (nSPS) is 35.6. The van der Waals surface area contributed by atoms with Crippen LogP contribution in [0.5, 0.6) is 0 Å². The van der Waals surface area contributed by atoms with Gasteiger partial charge in [0.15, 0.2) is 6.29 Å². The number of aliphatic hydroxyl groups excluding tert-OH is 3. The molecule has 3 heterocycles. The Morgan fingerprint density at radius 3 is 2.56 bits per heavy atom. The number of hydrogen-bond donors (Lipinski definition) is 5. The summed E-state index contributed by atoms with van der Waals surface area (Å²) in [6, 6.07) is 0. The summed E-state index contributed by atoms with van der Waals surface area (Å²) in [6.45, 7) is 2.10. The molecular formula is C16H25N2O14P2-. The average molecular weight is 531 g/mol. The number of phosphoric ester groups is 2. The summed E-state index contributed by atoms with van der Waals surface area (Å²) < 4.78 is 48.7. The van der Waals surface area contributed by atoms with Gasteiger partial charge >= 0.3 is 13.5 Å². The second-order valence-corrected chi connectivity index (χ2v) is 10.9. The molecule has 0 aromatic carbocycles. The van der Waals surface area contributed by atoms with E-state index in [9.17, 15) is 43.8 Å². The molecule has 2 aliphatic rings. The molecule has 4 unspecified atom stereocenters. The van der Waals surface area contributed by atoms with Crippen LogP contribution in [0.2, 0.25) is 0 Å². The Hall–Kier alpha value is -1.26. The molecule has 0 saturated carbocycles. The summed E-state index contributed by atoms with van der Waals surface area (Å²) in [5, 5.41) is 29.6. The van der Waals surface area contributed by atoms with E-state index in [1.54, 1.807) is 0 Å². The predicted octanol–water partition coefficient (Wildman–Crippen LogP) is -2.03.